The fraction of sp³-hybridized carbons (Fsp3) is 0. The van der Waals surface area contributed by atoms with Crippen molar-refractivity contribution >= 4 is 11.4 Å². The molecule has 2 aromatic carbocycles. The number of nitro benzene ring substituents is 1. The second-order valence-electron chi connectivity index (χ2n) is 3.51. The van der Waals surface area contributed by atoms with Crippen LogP contribution < -0.4 is 0 Å². The van der Waals surface area contributed by atoms with Gasteiger partial charge >= 0.3 is 0 Å². The van der Waals surface area contributed by atoms with Crippen LogP contribution in [0.15, 0.2) is 53.6 Å². The fourth-order valence-electron chi connectivity index (χ4n) is 1.62. The molecule has 2 rings (SSSR count). The Bertz CT molecular complexity index is 634. The molecule has 6 nitrogen and oxygen atoms in total. The Hall–Kier alpha value is -2.85. The number of azide groups is 1. The minimum atomic E-state index is -0.480. The van der Waals surface area contributed by atoms with E-state index in [0.717, 1.165) is 5.56 Å². The highest BCUT2D eigenvalue weighted by molar-refractivity contribution is 5.77. The quantitative estimate of drug-likeness (QED) is 0.264. The molecule has 0 radical (unpaired) electrons. The first-order chi connectivity index (χ1) is 8.72. The van der Waals surface area contributed by atoms with Gasteiger partial charge in [-0.05, 0) is 22.7 Å². The first-order valence-corrected chi connectivity index (χ1v) is 5.11. The van der Waals surface area contributed by atoms with Crippen molar-refractivity contribution in [1.29, 1.82) is 0 Å². The third-order valence-electron chi connectivity index (χ3n) is 2.43. The molecule has 0 saturated carbocycles. The number of nitrogens with zero attached hydrogens (tertiary/aromatic N) is 4. The normalized spacial score (nSPS) is 9.56. The minimum Gasteiger partial charge on any atom is -0.258 e. The van der Waals surface area contributed by atoms with Crippen molar-refractivity contribution in [3.05, 3.63) is 69.1 Å². The van der Waals surface area contributed by atoms with E-state index in [1.165, 1.54) is 18.2 Å². The van der Waals surface area contributed by atoms with E-state index >= 15 is 0 Å². The van der Waals surface area contributed by atoms with Gasteiger partial charge in [-0.2, -0.15) is 0 Å². The molecule has 6 heteroatoms. The molecule has 0 N–H and O–H groups in total. The lowest BCUT2D eigenvalue weighted by molar-refractivity contribution is -0.384. The average Bonchev–Trinajstić information content (AvgIpc) is 2.40. The molecule has 2 aromatic rings. The molecule has 0 aliphatic rings. The zero-order chi connectivity index (χ0) is 13.0. The van der Waals surface area contributed by atoms with Gasteiger partial charge in [0.2, 0.25) is 0 Å². The summed E-state index contributed by atoms with van der Waals surface area (Å²) in [6, 6.07) is 13.2. The zero-order valence-corrected chi connectivity index (χ0v) is 9.22. The number of benzene rings is 2. The van der Waals surface area contributed by atoms with Crippen LogP contribution in [0.5, 0.6) is 0 Å². The van der Waals surface area contributed by atoms with Gasteiger partial charge in [-0.3, -0.25) is 10.1 Å². The molecule has 0 amide bonds. The maximum atomic E-state index is 10.8. The van der Waals surface area contributed by atoms with Gasteiger partial charge in [0.15, 0.2) is 0 Å². The summed E-state index contributed by atoms with van der Waals surface area (Å²) in [7, 11) is 0. The van der Waals surface area contributed by atoms with Crippen molar-refractivity contribution in [2.24, 2.45) is 5.11 Å². The van der Waals surface area contributed by atoms with Crippen molar-refractivity contribution in [3.8, 4) is 11.1 Å². The molecule has 0 atom stereocenters. The first-order valence-electron chi connectivity index (χ1n) is 5.11. The standard InChI is InChI=1S/C12H8N4O2/c13-15-14-12-7-6-10(16(17)18)8-11(12)9-4-2-1-3-5-9/h1-8H. The van der Waals surface area contributed by atoms with Crippen LogP contribution in [0.2, 0.25) is 0 Å². The molecule has 0 bridgehead atoms. The lowest BCUT2D eigenvalue weighted by Crippen LogP contribution is -1.88. The Labute approximate surface area is 102 Å². The van der Waals surface area contributed by atoms with E-state index < -0.39 is 4.92 Å². The van der Waals surface area contributed by atoms with E-state index in [9.17, 15) is 10.1 Å². The summed E-state index contributed by atoms with van der Waals surface area (Å²) in [5.41, 5.74) is 10.1. The molecule has 0 aliphatic heterocycles. The van der Waals surface area contributed by atoms with Gasteiger partial charge in [0.25, 0.3) is 5.69 Å². The highest BCUT2D eigenvalue weighted by Crippen LogP contribution is 2.33. The third-order valence-corrected chi connectivity index (χ3v) is 2.43. The molecule has 0 heterocycles. The van der Waals surface area contributed by atoms with E-state index in [-0.39, 0.29) is 5.69 Å². The topological polar surface area (TPSA) is 91.9 Å². The Balaban J connectivity index is 2.65. The Morgan fingerprint density at radius 3 is 2.50 bits per heavy atom. The van der Waals surface area contributed by atoms with Crippen LogP contribution in [-0.4, -0.2) is 4.92 Å². The minimum absolute atomic E-state index is 0.0363. The summed E-state index contributed by atoms with van der Waals surface area (Å²) in [6.07, 6.45) is 0. The lowest BCUT2D eigenvalue weighted by atomic mass is 10.0. The van der Waals surface area contributed by atoms with Gasteiger partial charge in [0, 0.05) is 22.7 Å². The second-order valence-corrected chi connectivity index (χ2v) is 3.51. The molecule has 0 fully saturated rings. The predicted molar refractivity (Wildman–Crippen MR) is 67.3 cm³/mol. The molecule has 0 saturated heterocycles. The monoisotopic (exact) mass is 240 g/mol. The summed E-state index contributed by atoms with van der Waals surface area (Å²) in [5, 5.41) is 14.3. The van der Waals surface area contributed by atoms with Crippen molar-refractivity contribution in [2.75, 3.05) is 0 Å². The van der Waals surface area contributed by atoms with Gasteiger partial charge in [-0.1, -0.05) is 35.4 Å². The molecule has 88 valence electrons. The number of nitro groups is 1. The molecule has 0 spiro atoms. The van der Waals surface area contributed by atoms with Crippen LogP contribution >= 0.6 is 0 Å². The van der Waals surface area contributed by atoms with Crippen LogP contribution in [0.1, 0.15) is 0 Å². The zero-order valence-electron chi connectivity index (χ0n) is 9.22. The van der Waals surface area contributed by atoms with Crippen LogP contribution in [0.4, 0.5) is 11.4 Å². The van der Waals surface area contributed by atoms with Crippen molar-refractivity contribution in [3.63, 3.8) is 0 Å². The summed E-state index contributed by atoms with van der Waals surface area (Å²) in [4.78, 5) is 13.0. The predicted octanol–water partition coefficient (Wildman–Crippen LogP) is 4.20. The summed E-state index contributed by atoms with van der Waals surface area (Å²) >= 11 is 0. The highest BCUT2D eigenvalue weighted by Gasteiger charge is 2.11. The summed E-state index contributed by atoms with van der Waals surface area (Å²) in [6.45, 7) is 0. The van der Waals surface area contributed by atoms with E-state index in [1.807, 2.05) is 18.2 Å². The second kappa shape index (κ2) is 4.99. The van der Waals surface area contributed by atoms with Crippen molar-refractivity contribution in [1.82, 2.24) is 0 Å². The van der Waals surface area contributed by atoms with Gasteiger partial charge < -0.3 is 0 Å². The van der Waals surface area contributed by atoms with E-state index in [1.54, 1.807) is 12.1 Å². The third kappa shape index (κ3) is 2.28. The summed E-state index contributed by atoms with van der Waals surface area (Å²) in [5.74, 6) is 0. The molecular formula is C12H8N4O2. The lowest BCUT2D eigenvalue weighted by Gasteiger charge is -2.05. The van der Waals surface area contributed by atoms with Crippen LogP contribution in [0.25, 0.3) is 21.6 Å². The van der Waals surface area contributed by atoms with Crippen LogP contribution in [-0.2, 0) is 0 Å². The van der Waals surface area contributed by atoms with Gasteiger partial charge in [0.1, 0.15) is 0 Å². The van der Waals surface area contributed by atoms with E-state index in [0.29, 0.717) is 11.3 Å². The Morgan fingerprint density at radius 2 is 1.89 bits per heavy atom. The number of non-ortho nitro benzene ring substituents is 1. The van der Waals surface area contributed by atoms with E-state index in [4.69, 9.17) is 5.53 Å². The van der Waals surface area contributed by atoms with Crippen molar-refractivity contribution < 1.29 is 4.92 Å². The molecule has 18 heavy (non-hydrogen) atoms. The molecule has 0 aliphatic carbocycles. The smallest absolute Gasteiger partial charge is 0.258 e. The number of hydrogen-bond donors (Lipinski definition) is 0. The van der Waals surface area contributed by atoms with Gasteiger partial charge in [-0.15, -0.1) is 0 Å². The van der Waals surface area contributed by atoms with Gasteiger partial charge in [0.05, 0.1) is 4.92 Å². The number of rotatable bonds is 3. The summed E-state index contributed by atoms with van der Waals surface area (Å²) < 4.78 is 0. The Morgan fingerprint density at radius 1 is 1.17 bits per heavy atom. The van der Waals surface area contributed by atoms with Crippen LogP contribution in [0.3, 0.4) is 0 Å². The molecule has 0 aromatic heterocycles. The highest BCUT2D eigenvalue weighted by atomic mass is 16.6. The maximum absolute atomic E-state index is 10.8. The van der Waals surface area contributed by atoms with Crippen molar-refractivity contribution in [2.45, 2.75) is 0 Å². The first kappa shape index (κ1) is 11.6. The SMILES string of the molecule is [N-]=[N+]=Nc1ccc([N+](=O)[O-])cc1-c1ccccc1. The number of hydrogen-bond acceptors (Lipinski definition) is 3. The Kier molecular flexibility index (Phi) is 3.22. The molecule has 0 unspecified atom stereocenters. The largest absolute Gasteiger partial charge is 0.270 e. The van der Waals surface area contributed by atoms with E-state index in [2.05, 4.69) is 10.0 Å². The molecular weight excluding hydrogens is 232 g/mol. The van der Waals surface area contributed by atoms with Crippen LogP contribution in [0, 0.1) is 10.1 Å². The maximum Gasteiger partial charge on any atom is 0.270 e. The fourth-order valence-corrected chi connectivity index (χ4v) is 1.62. The van der Waals surface area contributed by atoms with Gasteiger partial charge in [-0.25, -0.2) is 0 Å². The average molecular weight is 240 g/mol.